The van der Waals surface area contributed by atoms with Gasteiger partial charge in [-0.05, 0) is 31.0 Å². The van der Waals surface area contributed by atoms with Gasteiger partial charge in [0.1, 0.15) is 11.9 Å². The van der Waals surface area contributed by atoms with Gasteiger partial charge in [0.2, 0.25) is 5.91 Å². The predicted octanol–water partition coefficient (Wildman–Crippen LogP) is 1.10. The van der Waals surface area contributed by atoms with Crippen molar-refractivity contribution in [3.63, 3.8) is 0 Å². The van der Waals surface area contributed by atoms with Crippen molar-refractivity contribution in [1.82, 2.24) is 9.80 Å². The van der Waals surface area contributed by atoms with Crippen LogP contribution in [0.1, 0.15) is 23.2 Å². The summed E-state index contributed by atoms with van der Waals surface area (Å²) in [5, 5.41) is 0. The summed E-state index contributed by atoms with van der Waals surface area (Å²) in [7, 11) is 3.29. The van der Waals surface area contributed by atoms with Crippen LogP contribution in [0.2, 0.25) is 0 Å². The van der Waals surface area contributed by atoms with Crippen molar-refractivity contribution >= 4 is 17.5 Å². The number of benzene rings is 1. The maximum absolute atomic E-state index is 13.8. The van der Waals surface area contributed by atoms with Gasteiger partial charge in [-0.3, -0.25) is 9.59 Å². The van der Waals surface area contributed by atoms with Crippen LogP contribution in [0.4, 0.5) is 10.1 Å². The smallest absolute Gasteiger partial charge is 0.257 e. The van der Waals surface area contributed by atoms with Gasteiger partial charge in [0.05, 0.1) is 5.56 Å². The van der Waals surface area contributed by atoms with Gasteiger partial charge < -0.3 is 15.5 Å². The third kappa shape index (κ3) is 2.59. The first-order valence-electron chi connectivity index (χ1n) is 6.49. The highest BCUT2D eigenvalue weighted by atomic mass is 19.1. The lowest BCUT2D eigenvalue weighted by Crippen LogP contribution is -2.45. The molecule has 0 spiro atoms. The van der Waals surface area contributed by atoms with Crippen molar-refractivity contribution < 1.29 is 14.0 Å². The molecule has 0 aromatic heterocycles. The van der Waals surface area contributed by atoms with Gasteiger partial charge in [0, 0.05) is 26.3 Å². The number of rotatable bonds is 2. The van der Waals surface area contributed by atoms with Crippen LogP contribution >= 0.6 is 0 Å². The summed E-state index contributed by atoms with van der Waals surface area (Å²) in [4.78, 5) is 27.4. The molecule has 1 aromatic carbocycles. The molecule has 1 heterocycles. The average Bonchev–Trinajstić information content (AvgIpc) is 2.88. The lowest BCUT2D eigenvalue weighted by Gasteiger charge is -2.26. The van der Waals surface area contributed by atoms with E-state index >= 15 is 0 Å². The van der Waals surface area contributed by atoms with Crippen LogP contribution in [-0.4, -0.2) is 48.3 Å². The van der Waals surface area contributed by atoms with Crippen molar-refractivity contribution in [3.05, 3.63) is 29.6 Å². The maximum Gasteiger partial charge on any atom is 0.257 e. The molecule has 0 bridgehead atoms. The topological polar surface area (TPSA) is 66.6 Å². The zero-order chi connectivity index (χ0) is 14.9. The summed E-state index contributed by atoms with van der Waals surface area (Å²) >= 11 is 0. The summed E-state index contributed by atoms with van der Waals surface area (Å²) in [5.41, 5.74) is 5.84. The number of carbonyl (C=O) groups excluding carboxylic acids is 2. The molecule has 20 heavy (non-hydrogen) atoms. The molecular weight excluding hydrogens is 261 g/mol. The van der Waals surface area contributed by atoms with Crippen molar-refractivity contribution in [2.45, 2.75) is 18.9 Å². The second-order valence-electron chi connectivity index (χ2n) is 5.13. The molecule has 1 atom stereocenters. The third-order valence-electron chi connectivity index (χ3n) is 3.46. The Bertz CT molecular complexity index is 545. The molecule has 1 aliphatic heterocycles. The van der Waals surface area contributed by atoms with Gasteiger partial charge in [0.15, 0.2) is 0 Å². The molecule has 0 saturated carbocycles. The van der Waals surface area contributed by atoms with E-state index in [9.17, 15) is 14.0 Å². The van der Waals surface area contributed by atoms with Crippen LogP contribution < -0.4 is 5.73 Å². The Morgan fingerprint density at radius 3 is 2.75 bits per heavy atom. The zero-order valence-electron chi connectivity index (χ0n) is 11.6. The normalized spacial score (nSPS) is 18.1. The van der Waals surface area contributed by atoms with Crippen molar-refractivity contribution in [3.8, 4) is 0 Å². The van der Waals surface area contributed by atoms with Gasteiger partial charge in [-0.15, -0.1) is 0 Å². The van der Waals surface area contributed by atoms with E-state index < -0.39 is 17.8 Å². The Labute approximate surface area is 117 Å². The molecule has 5 nitrogen and oxygen atoms in total. The fourth-order valence-corrected chi connectivity index (χ4v) is 2.43. The largest absolute Gasteiger partial charge is 0.399 e. The quantitative estimate of drug-likeness (QED) is 0.824. The molecule has 1 saturated heterocycles. The molecule has 6 heteroatoms. The monoisotopic (exact) mass is 279 g/mol. The van der Waals surface area contributed by atoms with Gasteiger partial charge in [-0.1, -0.05) is 0 Å². The Balaban J connectivity index is 2.28. The van der Waals surface area contributed by atoms with Gasteiger partial charge in [-0.2, -0.15) is 0 Å². The molecule has 1 fully saturated rings. The van der Waals surface area contributed by atoms with Crippen LogP contribution in [0, 0.1) is 5.82 Å². The number of hydrogen-bond donors (Lipinski definition) is 1. The van der Waals surface area contributed by atoms with Crippen LogP contribution in [0.25, 0.3) is 0 Å². The molecule has 1 aliphatic rings. The fourth-order valence-electron chi connectivity index (χ4n) is 2.43. The number of nitrogen functional groups attached to an aromatic ring is 1. The number of carbonyl (C=O) groups is 2. The number of nitrogens with zero attached hydrogens (tertiary/aromatic N) is 2. The Kier molecular flexibility index (Phi) is 3.92. The summed E-state index contributed by atoms with van der Waals surface area (Å²) in [5.74, 6) is -1.24. The molecule has 0 aliphatic carbocycles. The standard InChI is InChI=1S/C14H18FN3O2/c1-17(2)14(20)12-4-3-7-18(12)13(19)10-8-9(16)5-6-11(10)15/h5-6,8,12H,3-4,7,16H2,1-2H3. The van der Waals surface area contributed by atoms with Crippen LogP contribution in [-0.2, 0) is 4.79 Å². The van der Waals surface area contributed by atoms with Gasteiger partial charge in [0.25, 0.3) is 5.91 Å². The summed E-state index contributed by atoms with van der Waals surface area (Å²) in [6.07, 6.45) is 1.34. The average molecular weight is 279 g/mol. The number of likely N-dealkylation sites (N-methyl/N-ethyl adjacent to an activating group) is 1. The minimum Gasteiger partial charge on any atom is -0.399 e. The second kappa shape index (κ2) is 5.48. The number of likely N-dealkylation sites (tertiary alicyclic amines) is 1. The first-order valence-corrected chi connectivity index (χ1v) is 6.49. The fraction of sp³-hybridized carbons (Fsp3) is 0.429. The van der Waals surface area contributed by atoms with E-state index in [-0.39, 0.29) is 11.5 Å². The molecule has 2 amide bonds. The van der Waals surface area contributed by atoms with Crippen molar-refractivity contribution in [2.75, 3.05) is 26.4 Å². The van der Waals surface area contributed by atoms with E-state index in [0.717, 1.165) is 6.42 Å². The summed E-state index contributed by atoms with van der Waals surface area (Å²) < 4.78 is 13.8. The van der Waals surface area contributed by atoms with E-state index in [0.29, 0.717) is 18.7 Å². The molecule has 1 unspecified atom stereocenters. The molecule has 1 aromatic rings. The molecule has 0 radical (unpaired) electrons. The Morgan fingerprint density at radius 2 is 2.10 bits per heavy atom. The lowest BCUT2D eigenvalue weighted by molar-refractivity contribution is -0.132. The van der Waals surface area contributed by atoms with Crippen LogP contribution in [0.3, 0.4) is 0 Å². The first kappa shape index (κ1) is 14.3. The van der Waals surface area contributed by atoms with E-state index in [1.54, 1.807) is 14.1 Å². The predicted molar refractivity (Wildman–Crippen MR) is 73.6 cm³/mol. The maximum atomic E-state index is 13.8. The van der Waals surface area contributed by atoms with E-state index in [4.69, 9.17) is 5.73 Å². The minimum atomic E-state index is -0.618. The van der Waals surface area contributed by atoms with E-state index in [1.165, 1.54) is 28.0 Å². The van der Waals surface area contributed by atoms with Gasteiger partial charge >= 0.3 is 0 Å². The number of anilines is 1. The highest BCUT2D eigenvalue weighted by Crippen LogP contribution is 2.23. The van der Waals surface area contributed by atoms with Crippen LogP contribution in [0.15, 0.2) is 18.2 Å². The number of halogens is 1. The third-order valence-corrected chi connectivity index (χ3v) is 3.46. The molecule has 108 valence electrons. The number of nitrogens with two attached hydrogens (primary N) is 1. The van der Waals surface area contributed by atoms with E-state index in [2.05, 4.69) is 0 Å². The number of hydrogen-bond acceptors (Lipinski definition) is 3. The molecule has 2 rings (SSSR count). The highest BCUT2D eigenvalue weighted by molar-refractivity contribution is 5.98. The summed E-state index contributed by atoms with van der Waals surface area (Å²) in [6, 6.07) is 3.37. The highest BCUT2D eigenvalue weighted by Gasteiger charge is 2.36. The summed E-state index contributed by atoms with van der Waals surface area (Å²) in [6.45, 7) is 0.456. The lowest BCUT2D eigenvalue weighted by atomic mass is 10.1. The van der Waals surface area contributed by atoms with Crippen molar-refractivity contribution in [1.29, 1.82) is 0 Å². The van der Waals surface area contributed by atoms with Crippen LogP contribution in [0.5, 0.6) is 0 Å². The van der Waals surface area contributed by atoms with Crippen molar-refractivity contribution in [2.24, 2.45) is 0 Å². The Hall–Kier alpha value is -2.11. The zero-order valence-corrected chi connectivity index (χ0v) is 11.6. The molecule has 2 N–H and O–H groups in total. The Morgan fingerprint density at radius 1 is 1.40 bits per heavy atom. The van der Waals surface area contributed by atoms with E-state index in [1.807, 2.05) is 0 Å². The second-order valence-corrected chi connectivity index (χ2v) is 5.13. The first-order chi connectivity index (χ1) is 9.41. The van der Waals surface area contributed by atoms with Gasteiger partial charge in [-0.25, -0.2) is 4.39 Å². The minimum absolute atomic E-state index is 0.0801. The number of amides is 2. The SMILES string of the molecule is CN(C)C(=O)C1CCCN1C(=O)c1cc(N)ccc1F. The molecular formula is C14H18FN3O2.